The SMILES string of the molecule is CSc1nc(-c2ccc(N)cc2)n(C)n1. The van der Waals surface area contributed by atoms with Crippen molar-refractivity contribution in [1.29, 1.82) is 0 Å². The van der Waals surface area contributed by atoms with Crippen LogP contribution in [-0.4, -0.2) is 21.0 Å². The van der Waals surface area contributed by atoms with Gasteiger partial charge < -0.3 is 5.73 Å². The maximum Gasteiger partial charge on any atom is 0.208 e. The van der Waals surface area contributed by atoms with Gasteiger partial charge in [0.05, 0.1) is 0 Å². The van der Waals surface area contributed by atoms with E-state index in [1.54, 1.807) is 4.68 Å². The van der Waals surface area contributed by atoms with Crippen molar-refractivity contribution in [1.82, 2.24) is 14.8 Å². The molecule has 0 aliphatic heterocycles. The average Bonchev–Trinajstić information content (AvgIpc) is 2.61. The smallest absolute Gasteiger partial charge is 0.208 e. The zero-order chi connectivity index (χ0) is 10.8. The van der Waals surface area contributed by atoms with E-state index in [1.807, 2.05) is 37.6 Å². The van der Waals surface area contributed by atoms with Gasteiger partial charge in [0.15, 0.2) is 5.82 Å². The number of nitrogens with zero attached hydrogens (tertiary/aromatic N) is 3. The van der Waals surface area contributed by atoms with Gasteiger partial charge in [-0.3, -0.25) is 0 Å². The van der Waals surface area contributed by atoms with E-state index in [0.29, 0.717) is 0 Å². The molecule has 0 spiro atoms. The van der Waals surface area contributed by atoms with Gasteiger partial charge in [0.1, 0.15) is 0 Å². The molecule has 0 aliphatic carbocycles. The molecular weight excluding hydrogens is 208 g/mol. The van der Waals surface area contributed by atoms with Crippen molar-refractivity contribution in [2.45, 2.75) is 5.16 Å². The topological polar surface area (TPSA) is 56.7 Å². The van der Waals surface area contributed by atoms with Crippen LogP contribution >= 0.6 is 11.8 Å². The van der Waals surface area contributed by atoms with Crippen LogP contribution in [0.15, 0.2) is 29.4 Å². The number of nitrogens with two attached hydrogens (primary N) is 1. The molecule has 1 aromatic carbocycles. The minimum Gasteiger partial charge on any atom is -0.399 e. The minimum atomic E-state index is 0.756. The van der Waals surface area contributed by atoms with Gasteiger partial charge in [0, 0.05) is 18.3 Å². The average molecular weight is 220 g/mol. The maximum atomic E-state index is 5.63. The molecule has 78 valence electrons. The predicted molar refractivity (Wildman–Crippen MR) is 62.6 cm³/mol. The molecule has 1 heterocycles. The molecule has 0 atom stereocenters. The number of hydrogen-bond acceptors (Lipinski definition) is 4. The molecule has 0 bridgehead atoms. The first-order chi connectivity index (χ1) is 7.20. The molecule has 0 saturated carbocycles. The number of aromatic nitrogens is 3. The van der Waals surface area contributed by atoms with Crippen molar-refractivity contribution in [2.24, 2.45) is 7.05 Å². The molecule has 0 radical (unpaired) electrons. The lowest BCUT2D eigenvalue weighted by Crippen LogP contribution is -1.94. The Labute approximate surface area is 92.5 Å². The van der Waals surface area contributed by atoms with Gasteiger partial charge in [-0.1, -0.05) is 11.8 Å². The summed E-state index contributed by atoms with van der Waals surface area (Å²) < 4.78 is 1.78. The molecule has 1 aromatic heterocycles. The van der Waals surface area contributed by atoms with E-state index in [9.17, 15) is 0 Å². The molecule has 0 amide bonds. The van der Waals surface area contributed by atoms with E-state index >= 15 is 0 Å². The second-order valence-electron chi connectivity index (χ2n) is 3.17. The Morgan fingerprint density at radius 3 is 2.47 bits per heavy atom. The van der Waals surface area contributed by atoms with E-state index in [0.717, 1.165) is 22.2 Å². The Bertz CT molecular complexity index is 461. The lowest BCUT2D eigenvalue weighted by molar-refractivity contribution is 0.744. The molecule has 0 aliphatic rings. The number of nitrogen functional groups attached to an aromatic ring is 1. The lowest BCUT2D eigenvalue weighted by atomic mass is 10.2. The van der Waals surface area contributed by atoms with Gasteiger partial charge in [-0.2, -0.15) is 0 Å². The Morgan fingerprint density at radius 1 is 1.27 bits per heavy atom. The summed E-state index contributed by atoms with van der Waals surface area (Å²) in [5, 5.41) is 5.05. The molecule has 0 unspecified atom stereocenters. The van der Waals surface area contributed by atoms with Crippen LogP contribution in [0.3, 0.4) is 0 Å². The van der Waals surface area contributed by atoms with E-state index in [-0.39, 0.29) is 0 Å². The molecule has 2 rings (SSSR count). The fourth-order valence-corrected chi connectivity index (χ4v) is 1.71. The number of benzene rings is 1. The van der Waals surface area contributed by atoms with Gasteiger partial charge in [-0.05, 0) is 30.5 Å². The van der Waals surface area contributed by atoms with Crippen LogP contribution in [0.25, 0.3) is 11.4 Å². The van der Waals surface area contributed by atoms with Gasteiger partial charge in [0.2, 0.25) is 5.16 Å². The fraction of sp³-hybridized carbons (Fsp3) is 0.200. The normalized spacial score (nSPS) is 10.5. The Kier molecular flexibility index (Phi) is 2.64. The molecule has 2 N–H and O–H groups in total. The van der Waals surface area contributed by atoms with Crippen LogP contribution in [0, 0.1) is 0 Å². The van der Waals surface area contributed by atoms with Gasteiger partial charge >= 0.3 is 0 Å². The monoisotopic (exact) mass is 220 g/mol. The van der Waals surface area contributed by atoms with Crippen molar-refractivity contribution in [3.8, 4) is 11.4 Å². The quantitative estimate of drug-likeness (QED) is 0.619. The highest BCUT2D eigenvalue weighted by Gasteiger charge is 2.07. The van der Waals surface area contributed by atoms with Crippen LogP contribution in [0.4, 0.5) is 5.69 Å². The third kappa shape index (κ3) is 1.97. The number of hydrogen-bond donors (Lipinski definition) is 1. The molecule has 5 heteroatoms. The number of rotatable bonds is 2. The zero-order valence-corrected chi connectivity index (χ0v) is 9.45. The molecular formula is C10H12N4S. The third-order valence-electron chi connectivity index (χ3n) is 2.10. The first-order valence-electron chi connectivity index (χ1n) is 4.51. The van der Waals surface area contributed by atoms with Crippen LogP contribution < -0.4 is 5.73 Å². The molecule has 4 nitrogen and oxygen atoms in total. The van der Waals surface area contributed by atoms with Crippen molar-refractivity contribution < 1.29 is 0 Å². The van der Waals surface area contributed by atoms with Crippen LogP contribution in [0.2, 0.25) is 0 Å². The summed E-state index contributed by atoms with van der Waals surface area (Å²) in [6.07, 6.45) is 1.96. The third-order valence-corrected chi connectivity index (χ3v) is 2.63. The van der Waals surface area contributed by atoms with Crippen molar-refractivity contribution >= 4 is 17.4 Å². The summed E-state index contributed by atoms with van der Waals surface area (Å²) >= 11 is 1.53. The van der Waals surface area contributed by atoms with Gasteiger partial charge in [-0.25, -0.2) is 9.67 Å². The minimum absolute atomic E-state index is 0.756. The molecule has 0 saturated heterocycles. The number of thioether (sulfide) groups is 1. The van der Waals surface area contributed by atoms with E-state index in [2.05, 4.69) is 10.1 Å². The van der Waals surface area contributed by atoms with Crippen LogP contribution in [-0.2, 0) is 7.05 Å². The van der Waals surface area contributed by atoms with Crippen molar-refractivity contribution in [2.75, 3.05) is 12.0 Å². The summed E-state index contributed by atoms with van der Waals surface area (Å²) in [4.78, 5) is 4.40. The molecule has 15 heavy (non-hydrogen) atoms. The van der Waals surface area contributed by atoms with E-state index in [1.165, 1.54) is 11.8 Å². The molecule has 2 aromatic rings. The van der Waals surface area contributed by atoms with Crippen LogP contribution in [0.5, 0.6) is 0 Å². The fourth-order valence-electron chi connectivity index (χ4n) is 1.33. The second-order valence-corrected chi connectivity index (χ2v) is 3.94. The zero-order valence-electron chi connectivity index (χ0n) is 8.64. The first kappa shape index (κ1) is 10.0. The molecule has 0 fully saturated rings. The Hall–Kier alpha value is -1.49. The highest BCUT2D eigenvalue weighted by molar-refractivity contribution is 7.98. The van der Waals surface area contributed by atoms with E-state index < -0.39 is 0 Å². The summed E-state index contributed by atoms with van der Waals surface area (Å²) in [6, 6.07) is 7.62. The summed E-state index contributed by atoms with van der Waals surface area (Å²) in [7, 11) is 1.89. The predicted octanol–water partition coefficient (Wildman–Crippen LogP) is 1.79. The first-order valence-corrected chi connectivity index (χ1v) is 5.74. The number of anilines is 1. The van der Waals surface area contributed by atoms with E-state index in [4.69, 9.17) is 5.73 Å². The maximum absolute atomic E-state index is 5.63. The Balaban J connectivity index is 2.44. The standard InChI is InChI=1S/C10H12N4S/c1-14-9(12-10(13-14)15-2)7-3-5-8(11)6-4-7/h3-6H,11H2,1-2H3. The second kappa shape index (κ2) is 3.94. The number of aryl methyl sites for hydroxylation is 1. The summed E-state index contributed by atoms with van der Waals surface area (Å²) in [6.45, 7) is 0. The van der Waals surface area contributed by atoms with Crippen LogP contribution in [0.1, 0.15) is 0 Å². The van der Waals surface area contributed by atoms with Crippen molar-refractivity contribution in [3.05, 3.63) is 24.3 Å². The van der Waals surface area contributed by atoms with Gasteiger partial charge in [-0.15, -0.1) is 5.10 Å². The summed E-state index contributed by atoms with van der Waals surface area (Å²) in [5.74, 6) is 0.861. The van der Waals surface area contributed by atoms with Crippen molar-refractivity contribution in [3.63, 3.8) is 0 Å². The largest absolute Gasteiger partial charge is 0.399 e. The lowest BCUT2D eigenvalue weighted by Gasteiger charge is -1.99. The van der Waals surface area contributed by atoms with Gasteiger partial charge in [0.25, 0.3) is 0 Å². The Morgan fingerprint density at radius 2 is 1.93 bits per heavy atom. The highest BCUT2D eigenvalue weighted by atomic mass is 32.2. The highest BCUT2D eigenvalue weighted by Crippen LogP contribution is 2.20. The summed E-state index contributed by atoms with van der Waals surface area (Å²) in [5.41, 5.74) is 7.41.